The van der Waals surface area contributed by atoms with Crippen molar-refractivity contribution in [2.24, 2.45) is 0 Å². The van der Waals surface area contributed by atoms with Gasteiger partial charge in [0, 0.05) is 11.1 Å². The van der Waals surface area contributed by atoms with Crippen LogP contribution in [0.2, 0.25) is 0 Å². The molecule has 0 fully saturated rings. The summed E-state index contributed by atoms with van der Waals surface area (Å²) < 4.78 is 12.0. The van der Waals surface area contributed by atoms with Gasteiger partial charge < -0.3 is 13.9 Å². The van der Waals surface area contributed by atoms with Crippen LogP contribution in [0.25, 0.3) is 11.0 Å². The number of carbonyl (C=O) groups excluding carboxylic acids is 2. The third-order valence-corrected chi connectivity index (χ3v) is 7.85. The van der Waals surface area contributed by atoms with Crippen molar-refractivity contribution in [2.75, 3.05) is 4.90 Å². The Hall–Kier alpha value is -4.15. The van der Waals surface area contributed by atoms with Crippen LogP contribution in [0.5, 0.6) is 0 Å². The molecule has 1 atom stereocenters. The Morgan fingerprint density at radius 3 is 2.64 bits per heavy atom. The molecule has 1 aliphatic heterocycles. The summed E-state index contributed by atoms with van der Waals surface area (Å²) >= 11 is 2.69. The number of para-hydroxylation sites is 1. The second-order valence-electron chi connectivity index (χ2n) is 7.96. The number of carbonyl (C=O) groups is 2. The van der Waals surface area contributed by atoms with Gasteiger partial charge in [0.15, 0.2) is 15.9 Å². The molecule has 8 nitrogen and oxygen atoms in total. The van der Waals surface area contributed by atoms with Crippen molar-refractivity contribution in [1.82, 2.24) is 10.2 Å². The first-order valence-electron chi connectivity index (χ1n) is 10.9. The smallest absolute Gasteiger partial charge is 0.296 e. The third kappa shape index (κ3) is 3.90. The SMILES string of the molecule is O=C(C1=C(O)C(=O)N(c2nnc(SCc3ccccc3)s2)C1c1ccco1)c1cc2ccccc2o1. The van der Waals surface area contributed by atoms with Crippen molar-refractivity contribution in [2.45, 2.75) is 16.1 Å². The van der Waals surface area contributed by atoms with E-state index in [9.17, 15) is 14.7 Å². The molecular formula is C26H17N3O5S2. The quantitative estimate of drug-likeness (QED) is 0.161. The fourth-order valence-electron chi connectivity index (χ4n) is 4.05. The fourth-order valence-corrected chi connectivity index (χ4v) is 5.88. The van der Waals surface area contributed by atoms with Gasteiger partial charge in [0.25, 0.3) is 5.91 Å². The van der Waals surface area contributed by atoms with E-state index in [-0.39, 0.29) is 16.5 Å². The lowest BCUT2D eigenvalue weighted by Gasteiger charge is -2.21. The van der Waals surface area contributed by atoms with Gasteiger partial charge in [-0.3, -0.25) is 14.5 Å². The molecule has 10 heteroatoms. The summed E-state index contributed by atoms with van der Waals surface area (Å²) in [5.74, 6) is -1.03. The lowest BCUT2D eigenvalue weighted by molar-refractivity contribution is -0.117. The van der Waals surface area contributed by atoms with Crippen LogP contribution in [0, 0.1) is 0 Å². The largest absolute Gasteiger partial charge is 0.503 e. The number of amides is 1. The summed E-state index contributed by atoms with van der Waals surface area (Å²) in [6, 6.07) is 21.0. The number of hydrogen-bond donors (Lipinski definition) is 1. The number of fused-ring (bicyclic) bond motifs is 1. The number of thioether (sulfide) groups is 1. The lowest BCUT2D eigenvalue weighted by Crippen LogP contribution is -2.30. The number of benzene rings is 2. The number of furan rings is 2. The molecular weight excluding hydrogens is 498 g/mol. The van der Waals surface area contributed by atoms with E-state index in [1.165, 1.54) is 34.3 Å². The number of aliphatic hydroxyl groups excluding tert-OH is 1. The normalized spacial score (nSPS) is 15.8. The van der Waals surface area contributed by atoms with Crippen LogP contribution in [0.15, 0.2) is 104 Å². The van der Waals surface area contributed by atoms with Crippen molar-refractivity contribution in [3.63, 3.8) is 0 Å². The summed E-state index contributed by atoms with van der Waals surface area (Å²) in [4.78, 5) is 28.0. The molecule has 0 spiro atoms. The van der Waals surface area contributed by atoms with Crippen molar-refractivity contribution < 1.29 is 23.5 Å². The number of rotatable bonds is 7. The summed E-state index contributed by atoms with van der Waals surface area (Å²) in [5, 5.41) is 20.2. The van der Waals surface area contributed by atoms with E-state index in [0.717, 1.165) is 10.9 Å². The molecule has 1 amide bonds. The molecule has 0 radical (unpaired) electrons. The highest BCUT2D eigenvalue weighted by molar-refractivity contribution is 8.00. The Morgan fingerprint density at radius 2 is 1.86 bits per heavy atom. The number of aromatic nitrogens is 2. The molecule has 0 bridgehead atoms. The molecule has 178 valence electrons. The molecule has 0 saturated carbocycles. The molecule has 1 aliphatic rings. The molecule has 1 N–H and O–H groups in total. The standard InChI is InChI=1S/C26H17N3O5S2/c30-22(19-13-16-9-4-5-10-17(16)34-19)20-21(18-11-6-12-33-18)29(24(32)23(20)31)25-27-28-26(36-25)35-14-15-7-2-1-3-8-15/h1-13,21,31H,14H2. The highest BCUT2D eigenvalue weighted by Crippen LogP contribution is 2.44. The minimum Gasteiger partial charge on any atom is -0.503 e. The minimum atomic E-state index is -1.02. The fraction of sp³-hybridized carbons (Fsp3) is 0.0769. The molecule has 0 saturated heterocycles. The third-order valence-electron chi connectivity index (χ3n) is 5.72. The first kappa shape index (κ1) is 22.3. The molecule has 2 aromatic carbocycles. The van der Waals surface area contributed by atoms with Crippen molar-refractivity contribution >= 4 is 50.9 Å². The second kappa shape index (κ2) is 9.14. The number of ketones is 1. The van der Waals surface area contributed by atoms with Gasteiger partial charge >= 0.3 is 0 Å². The average Bonchev–Trinajstić information content (AvgIpc) is 3.70. The van der Waals surface area contributed by atoms with E-state index in [1.807, 2.05) is 42.5 Å². The lowest BCUT2D eigenvalue weighted by atomic mass is 10.00. The van der Waals surface area contributed by atoms with Gasteiger partial charge in [-0.05, 0) is 29.8 Å². The average molecular weight is 516 g/mol. The van der Waals surface area contributed by atoms with Gasteiger partial charge in [-0.25, -0.2) is 0 Å². The number of anilines is 1. The number of aliphatic hydroxyl groups is 1. The molecule has 36 heavy (non-hydrogen) atoms. The van der Waals surface area contributed by atoms with Gasteiger partial charge in [-0.2, -0.15) is 0 Å². The maximum atomic E-state index is 13.6. The van der Waals surface area contributed by atoms with Gasteiger partial charge in [0.2, 0.25) is 10.9 Å². The van der Waals surface area contributed by atoms with Crippen molar-refractivity contribution in [1.29, 1.82) is 0 Å². The highest BCUT2D eigenvalue weighted by Gasteiger charge is 2.48. The first-order valence-corrected chi connectivity index (χ1v) is 12.7. The van der Waals surface area contributed by atoms with Gasteiger partial charge in [0.1, 0.15) is 17.4 Å². The molecule has 0 aliphatic carbocycles. The van der Waals surface area contributed by atoms with E-state index in [4.69, 9.17) is 8.83 Å². The van der Waals surface area contributed by atoms with Gasteiger partial charge in [-0.15, -0.1) is 10.2 Å². The van der Waals surface area contributed by atoms with E-state index < -0.39 is 23.5 Å². The van der Waals surface area contributed by atoms with Gasteiger partial charge in [-0.1, -0.05) is 71.6 Å². The zero-order chi connectivity index (χ0) is 24.6. The molecule has 5 aromatic rings. The zero-order valence-corrected chi connectivity index (χ0v) is 20.2. The summed E-state index contributed by atoms with van der Waals surface area (Å²) in [6.07, 6.45) is 1.44. The van der Waals surface area contributed by atoms with Crippen LogP contribution < -0.4 is 4.90 Å². The van der Waals surface area contributed by atoms with Crippen LogP contribution in [-0.4, -0.2) is 27.0 Å². The predicted molar refractivity (Wildman–Crippen MR) is 135 cm³/mol. The predicted octanol–water partition coefficient (Wildman–Crippen LogP) is 5.95. The topological polar surface area (TPSA) is 110 Å². The Bertz CT molecular complexity index is 1570. The Balaban J connectivity index is 1.34. The van der Waals surface area contributed by atoms with E-state index in [1.54, 1.807) is 30.3 Å². The minimum absolute atomic E-state index is 0.0142. The number of hydrogen-bond acceptors (Lipinski definition) is 9. The van der Waals surface area contributed by atoms with Crippen molar-refractivity contribution in [3.05, 3.63) is 107 Å². The maximum absolute atomic E-state index is 13.6. The van der Waals surface area contributed by atoms with Crippen LogP contribution in [0.1, 0.15) is 27.9 Å². The summed E-state index contributed by atoms with van der Waals surface area (Å²) in [7, 11) is 0. The highest BCUT2D eigenvalue weighted by atomic mass is 32.2. The van der Waals surface area contributed by atoms with Crippen LogP contribution in [0.4, 0.5) is 5.13 Å². The van der Waals surface area contributed by atoms with Crippen LogP contribution in [-0.2, 0) is 10.5 Å². The van der Waals surface area contributed by atoms with E-state index in [2.05, 4.69) is 10.2 Å². The first-order chi connectivity index (χ1) is 17.6. The van der Waals surface area contributed by atoms with Gasteiger partial charge in [0.05, 0.1) is 11.8 Å². The van der Waals surface area contributed by atoms with E-state index >= 15 is 0 Å². The van der Waals surface area contributed by atoms with Crippen molar-refractivity contribution in [3.8, 4) is 0 Å². The Labute approximate surface area is 212 Å². The zero-order valence-electron chi connectivity index (χ0n) is 18.5. The monoisotopic (exact) mass is 515 g/mol. The second-order valence-corrected chi connectivity index (χ2v) is 10.1. The van der Waals surface area contributed by atoms with Crippen LogP contribution in [0.3, 0.4) is 0 Å². The summed E-state index contributed by atoms with van der Waals surface area (Å²) in [6.45, 7) is 0. The number of nitrogens with zero attached hydrogens (tertiary/aromatic N) is 3. The van der Waals surface area contributed by atoms with E-state index in [0.29, 0.717) is 21.4 Å². The maximum Gasteiger partial charge on any atom is 0.296 e. The molecule has 4 heterocycles. The number of Topliss-reactive ketones (excluding diaryl/α,β-unsaturated/α-hetero) is 1. The Kier molecular flexibility index (Phi) is 5.67. The molecule has 3 aromatic heterocycles. The molecule has 6 rings (SSSR count). The molecule has 1 unspecified atom stereocenters. The Morgan fingerprint density at radius 1 is 1.06 bits per heavy atom. The summed E-state index contributed by atoms with van der Waals surface area (Å²) in [5.41, 5.74) is 1.52. The van der Waals surface area contributed by atoms with Crippen LogP contribution >= 0.6 is 23.1 Å².